The summed E-state index contributed by atoms with van der Waals surface area (Å²) in [6.07, 6.45) is 6.83. The summed E-state index contributed by atoms with van der Waals surface area (Å²) in [5, 5.41) is 4.93. The van der Waals surface area contributed by atoms with Crippen molar-refractivity contribution in [1.82, 2.24) is 15.2 Å². The van der Waals surface area contributed by atoms with Gasteiger partial charge in [-0.15, -0.1) is 0 Å². The molecule has 0 saturated carbocycles. The van der Waals surface area contributed by atoms with Crippen LogP contribution in [0.1, 0.15) is 41.6 Å². The maximum atomic E-state index is 14.3. The number of epoxide rings is 1. The van der Waals surface area contributed by atoms with Gasteiger partial charge < -0.3 is 14.6 Å². The van der Waals surface area contributed by atoms with E-state index in [0.29, 0.717) is 12.5 Å². The zero-order valence-electron chi connectivity index (χ0n) is 20.2. The van der Waals surface area contributed by atoms with Gasteiger partial charge in [0.25, 0.3) is 0 Å². The normalized spacial score (nSPS) is 23.8. The van der Waals surface area contributed by atoms with Crippen molar-refractivity contribution < 1.29 is 9.53 Å². The first-order valence-electron chi connectivity index (χ1n) is 13.1. The van der Waals surface area contributed by atoms with Crippen LogP contribution in [0.5, 0.6) is 0 Å². The number of rotatable bonds is 8. The third-order valence-corrected chi connectivity index (χ3v) is 9.30. The average molecular weight is 490 g/mol. The van der Waals surface area contributed by atoms with Gasteiger partial charge in [0, 0.05) is 23.3 Å². The number of fused-ring (bicyclic) bond motifs is 1. The molecule has 6 rings (SSSR count). The lowest BCUT2D eigenvalue weighted by Crippen LogP contribution is -2.55. The number of benzene rings is 2. The lowest BCUT2D eigenvalue weighted by atomic mass is 9.79. The largest absolute Gasteiger partial charge is 0.370 e. The van der Waals surface area contributed by atoms with Crippen LogP contribution in [0.4, 0.5) is 0 Å². The Kier molecular flexibility index (Phi) is 6.72. The highest BCUT2D eigenvalue weighted by Gasteiger charge is 2.54. The average Bonchev–Trinajstić information content (AvgIpc) is 3.67. The van der Waals surface area contributed by atoms with E-state index in [4.69, 9.17) is 4.74 Å². The molecule has 3 saturated heterocycles. The van der Waals surface area contributed by atoms with Gasteiger partial charge in [-0.2, -0.15) is 11.8 Å². The van der Waals surface area contributed by atoms with Crippen LogP contribution in [0.15, 0.2) is 60.8 Å². The number of carbonyl (C=O) groups is 1. The monoisotopic (exact) mass is 489 g/mol. The number of nitrogens with zero attached hydrogens (tertiary/aromatic N) is 1. The Morgan fingerprint density at radius 2 is 1.83 bits per heavy atom. The Hall–Kier alpha value is -2.12. The van der Waals surface area contributed by atoms with Crippen molar-refractivity contribution in [2.75, 3.05) is 37.7 Å². The van der Waals surface area contributed by atoms with Gasteiger partial charge >= 0.3 is 0 Å². The molecule has 5 nitrogen and oxygen atoms in total. The smallest absolute Gasteiger partial charge is 0.190 e. The summed E-state index contributed by atoms with van der Waals surface area (Å²) >= 11 is 2.10. The molecule has 2 aromatic carbocycles. The van der Waals surface area contributed by atoms with Crippen LogP contribution in [0.3, 0.4) is 0 Å². The predicted octanol–water partition coefficient (Wildman–Crippen LogP) is 4.84. The number of nitrogens with one attached hydrogen (secondary N) is 2. The van der Waals surface area contributed by atoms with E-state index in [1.807, 2.05) is 48.7 Å². The molecule has 3 aliphatic heterocycles. The molecule has 6 heteroatoms. The maximum Gasteiger partial charge on any atom is 0.190 e. The Morgan fingerprint density at radius 3 is 2.57 bits per heavy atom. The predicted molar refractivity (Wildman–Crippen MR) is 143 cm³/mol. The molecule has 3 fully saturated rings. The van der Waals surface area contributed by atoms with Crippen LogP contribution >= 0.6 is 11.8 Å². The second kappa shape index (κ2) is 10.1. The van der Waals surface area contributed by atoms with Crippen molar-refractivity contribution in [1.29, 1.82) is 0 Å². The van der Waals surface area contributed by atoms with Gasteiger partial charge in [0.05, 0.1) is 6.61 Å². The lowest BCUT2D eigenvalue weighted by molar-refractivity contribution is 0.0774. The highest BCUT2D eigenvalue weighted by atomic mass is 32.2. The molecular weight excluding hydrogens is 454 g/mol. The topological polar surface area (TPSA) is 60.7 Å². The van der Waals surface area contributed by atoms with Crippen LogP contribution in [0, 0.1) is 5.92 Å². The number of piperidine rings is 1. The van der Waals surface area contributed by atoms with Gasteiger partial charge in [0.1, 0.15) is 11.6 Å². The summed E-state index contributed by atoms with van der Waals surface area (Å²) < 4.78 is 5.88. The zero-order chi connectivity index (χ0) is 23.7. The standard InChI is InChI=1S/C29H35N3O2S/c33-28(23-7-6-22-8-13-30-26(22)18-23)29(27-20-34-27,24-4-2-1-3-5-24)31-19-21-9-14-32(15-10-21)25-11-16-35-17-12-25/h1-8,13,18,21,25,27,30-31H,9-12,14-17,19-20H2. The molecule has 0 aliphatic carbocycles. The third kappa shape index (κ3) is 4.69. The van der Waals surface area contributed by atoms with Crippen molar-refractivity contribution >= 4 is 28.4 Å². The summed E-state index contributed by atoms with van der Waals surface area (Å²) in [5.74, 6) is 3.29. The highest BCUT2D eigenvalue weighted by Crippen LogP contribution is 2.38. The number of thioether (sulfide) groups is 1. The van der Waals surface area contributed by atoms with Gasteiger partial charge in [-0.25, -0.2) is 0 Å². The number of hydrogen-bond donors (Lipinski definition) is 2. The fraction of sp³-hybridized carbons (Fsp3) is 0.483. The summed E-state index contributed by atoms with van der Waals surface area (Å²) in [4.78, 5) is 20.3. The zero-order valence-corrected chi connectivity index (χ0v) is 21.1. The van der Waals surface area contributed by atoms with E-state index in [1.54, 1.807) is 0 Å². The molecule has 35 heavy (non-hydrogen) atoms. The number of likely N-dealkylation sites (tertiary alicyclic amines) is 1. The number of ether oxygens (including phenoxy) is 1. The van der Waals surface area contributed by atoms with Crippen LogP contribution in [-0.4, -0.2) is 65.6 Å². The van der Waals surface area contributed by atoms with Crippen LogP contribution in [0.25, 0.3) is 10.9 Å². The van der Waals surface area contributed by atoms with Crippen molar-refractivity contribution in [3.8, 4) is 0 Å². The number of H-pyrrole nitrogens is 1. The van der Waals surface area contributed by atoms with E-state index >= 15 is 0 Å². The first kappa shape index (κ1) is 23.3. The van der Waals surface area contributed by atoms with E-state index in [1.165, 1.54) is 50.3 Å². The molecular formula is C29H35N3O2S. The number of carbonyl (C=O) groups excluding carboxylic acids is 1. The highest BCUT2D eigenvalue weighted by molar-refractivity contribution is 7.99. The fourth-order valence-corrected chi connectivity index (χ4v) is 7.13. The van der Waals surface area contributed by atoms with Gasteiger partial charge in [0.2, 0.25) is 0 Å². The Bertz CT molecular complexity index is 1150. The first-order chi connectivity index (χ1) is 17.2. The van der Waals surface area contributed by atoms with Crippen LogP contribution in [0.2, 0.25) is 0 Å². The van der Waals surface area contributed by atoms with E-state index in [-0.39, 0.29) is 11.9 Å². The third-order valence-electron chi connectivity index (χ3n) is 8.25. The number of hydrogen-bond acceptors (Lipinski definition) is 5. The van der Waals surface area contributed by atoms with Crippen LogP contribution in [-0.2, 0) is 10.3 Å². The van der Waals surface area contributed by atoms with Crippen molar-refractivity contribution in [3.63, 3.8) is 0 Å². The Labute approximate surface area is 212 Å². The molecule has 2 unspecified atom stereocenters. The molecule has 184 valence electrons. The van der Waals surface area contributed by atoms with E-state index < -0.39 is 5.54 Å². The molecule has 2 atom stereocenters. The second-order valence-corrected chi connectivity index (χ2v) is 11.5. The van der Waals surface area contributed by atoms with Crippen molar-refractivity contribution in [2.24, 2.45) is 5.92 Å². The molecule has 3 aromatic rings. The molecule has 0 amide bonds. The number of Topliss-reactive ketones (excluding diaryl/α,β-unsaturated/α-hetero) is 1. The number of aromatic nitrogens is 1. The van der Waals surface area contributed by atoms with Gasteiger partial charge in [-0.1, -0.05) is 42.5 Å². The SMILES string of the molecule is O=C(c1ccc2cc[nH]c2c1)C(NCC1CCN(C2CCSCC2)CC1)(c1ccccc1)C1CO1. The molecule has 2 N–H and O–H groups in total. The van der Waals surface area contributed by atoms with E-state index in [2.05, 4.69) is 39.1 Å². The van der Waals surface area contributed by atoms with Gasteiger partial charge in [0.15, 0.2) is 5.78 Å². The Balaban J connectivity index is 1.23. The van der Waals surface area contributed by atoms with Gasteiger partial charge in [-0.3, -0.25) is 10.1 Å². The minimum atomic E-state index is -0.862. The summed E-state index contributed by atoms with van der Waals surface area (Å²) in [6, 6.07) is 19.0. The van der Waals surface area contributed by atoms with Crippen molar-refractivity contribution in [3.05, 3.63) is 71.9 Å². The molecule has 4 heterocycles. The summed E-state index contributed by atoms with van der Waals surface area (Å²) in [5.41, 5.74) is 1.84. The minimum absolute atomic E-state index is 0.0971. The maximum absolute atomic E-state index is 14.3. The van der Waals surface area contributed by atoms with Gasteiger partial charge in [-0.05, 0) is 85.8 Å². The van der Waals surface area contributed by atoms with Crippen LogP contribution < -0.4 is 5.32 Å². The Morgan fingerprint density at radius 1 is 1.06 bits per heavy atom. The quantitative estimate of drug-likeness (QED) is 0.350. The molecule has 0 radical (unpaired) electrons. The lowest BCUT2D eigenvalue weighted by Gasteiger charge is -2.40. The summed E-state index contributed by atoms with van der Waals surface area (Å²) in [7, 11) is 0. The van der Waals surface area contributed by atoms with Crippen molar-refractivity contribution in [2.45, 2.75) is 43.4 Å². The van der Waals surface area contributed by atoms with E-state index in [9.17, 15) is 4.79 Å². The first-order valence-corrected chi connectivity index (χ1v) is 14.3. The fourth-order valence-electron chi connectivity index (χ4n) is 6.05. The summed E-state index contributed by atoms with van der Waals surface area (Å²) in [6.45, 7) is 3.80. The number of ketones is 1. The molecule has 1 aromatic heterocycles. The number of aromatic amines is 1. The molecule has 3 aliphatic rings. The molecule has 0 bridgehead atoms. The minimum Gasteiger partial charge on any atom is -0.370 e. The van der Waals surface area contributed by atoms with E-state index in [0.717, 1.165) is 34.6 Å². The molecule has 0 spiro atoms. The second-order valence-electron chi connectivity index (χ2n) is 10.3.